The molecule has 1 aromatic heterocycles. The van der Waals surface area contributed by atoms with E-state index in [9.17, 15) is 23.1 Å². The number of nitrogens with zero attached hydrogens (tertiary/aromatic N) is 2. The first-order chi connectivity index (χ1) is 10.6. The number of likely N-dealkylation sites (tertiary alicyclic amines) is 1. The van der Waals surface area contributed by atoms with Gasteiger partial charge in [-0.3, -0.25) is 4.79 Å². The zero-order chi connectivity index (χ0) is 17.4. The molecule has 1 aliphatic rings. The van der Waals surface area contributed by atoms with Crippen molar-refractivity contribution in [2.24, 2.45) is 10.9 Å². The zero-order valence-corrected chi connectivity index (χ0v) is 13.5. The predicted octanol–water partition coefficient (Wildman–Crippen LogP) is -2.04. The van der Waals surface area contributed by atoms with Crippen LogP contribution in [0.15, 0.2) is 12.3 Å². The number of carbonyl (C=O) groups is 2. The van der Waals surface area contributed by atoms with Gasteiger partial charge in [-0.1, -0.05) is 0 Å². The minimum Gasteiger partial charge on any atom is -0.543 e. The van der Waals surface area contributed by atoms with Crippen LogP contribution in [0.2, 0.25) is 0 Å². The molecule has 1 aliphatic heterocycles. The summed E-state index contributed by atoms with van der Waals surface area (Å²) in [5.41, 5.74) is 5.47. The van der Waals surface area contributed by atoms with Gasteiger partial charge in [0, 0.05) is 19.3 Å². The van der Waals surface area contributed by atoms with Crippen LogP contribution >= 0.6 is 0 Å². The topological polar surface area (TPSA) is 152 Å². The molecule has 10 heteroatoms. The molecule has 1 saturated heterocycles. The number of piperidine rings is 1. The number of hydrogen-bond donors (Lipinski definition) is 2. The highest BCUT2D eigenvalue weighted by Crippen LogP contribution is 2.31. The fourth-order valence-corrected chi connectivity index (χ4v) is 3.54. The largest absolute Gasteiger partial charge is 0.543 e. The van der Waals surface area contributed by atoms with Crippen molar-refractivity contribution in [3.8, 4) is 0 Å². The van der Waals surface area contributed by atoms with Crippen molar-refractivity contribution in [2.45, 2.75) is 31.7 Å². The standard InChI is InChI=1S/C13H20N4O5S/c1-8(14)12(18)16-5-2-9(3-6-16)10-4-7-17(23(15,21)22)11(10)13(19)20/h4,7-9H,2-3,5-6,14H2,1H3,(H,19,20)(H2,15,21,22)/p-1. The van der Waals surface area contributed by atoms with Gasteiger partial charge in [0.25, 0.3) is 0 Å². The van der Waals surface area contributed by atoms with Crippen molar-refractivity contribution in [3.63, 3.8) is 0 Å². The average molecular weight is 343 g/mol. The van der Waals surface area contributed by atoms with E-state index in [4.69, 9.17) is 10.9 Å². The van der Waals surface area contributed by atoms with Crippen molar-refractivity contribution in [2.75, 3.05) is 13.1 Å². The third-order valence-electron chi connectivity index (χ3n) is 3.99. The molecule has 0 aliphatic carbocycles. The highest BCUT2D eigenvalue weighted by Gasteiger charge is 2.29. The number of carboxylic acid groups (broad SMARTS) is 1. The molecule has 1 fully saturated rings. The molecule has 1 aromatic rings. The lowest BCUT2D eigenvalue weighted by atomic mass is 9.89. The normalized spacial score (nSPS) is 18.0. The highest BCUT2D eigenvalue weighted by molar-refractivity contribution is 7.87. The van der Waals surface area contributed by atoms with Crippen LogP contribution in [-0.2, 0) is 15.0 Å². The summed E-state index contributed by atoms with van der Waals surface area (Å²) in [6, 6.07) is 0.831. The molecule has 0 bridgehead atoms. The van der Waals surface area contributed by atoms with Crippen molar-refractivity contribution in [3.05, 3.63) is 23.5 Å². The molecule has 0 saturated carbocycles. The maximum Gasteiger partial charge on any atom is 0.302 e. The van der Waals surface area contributed by atoms with E-state index < -0.39 is 27.9 Å². The van der Waals surface area contributed by atoms with E-state index in [1.54, 1.807) is 11.8 Å². The van der Waals surface area contributed by atoms with Crippen LogP contribution in [0.5, 0.6) is 0 Å². The van der Waals surface area contributed by atoms with Gasteiger partial charge in [0.15, 0.2) is 0 Å². The Kier molecular flexibility index (Phi) is 4.78. The summed E-state index contributed by atoms with van der Waals surface area (Å²) < 4.78 is 23.4. The Balaban J connectivity index is 2.24. The molecule has 23 heavy (non-hydrogen) atoms. The lowest BCUT2D eigenvalue weighted by Gasteiger charge is -2.33. The summed E-state index contributed by atoms with van der Waals surface area (Å²) in [5.74, 6) is -1.96. The third kappa shape index (κ3) is 3.54. The fourth-order valence-electron chi connectivity index (χ4n) is 2.88. The maximum atomic E-state index is 11.8. The second-order valence-corrected chi connectivity index (χ2v) is 7.06. The predicted molar refractivity (Wildman–Crippen MR) is 79.5 cm³/mol. The Morgan fingerprint density at radius 1 is 1.35 bits per heavy atom. The van der Waals surface area contributed by atoms with Gasteiger partial charge in [-0.15, -0.1) is 0 Å². The van der Waals surface area contributed by atoms with Gasteiger partial charge >= 0.3 is 10.2 Å². The first kappa shape index (κ1) is 17.4. The lowest BCUT2D eigenvalue weighted by molar-refractivity contribution is -0.255. The summed E-state index contributed by atoms with van der Waals surface area (Å²) >= 11 is 0. The second kappa shape index (κ2) is 6.30. The van der Waals surface area contributed by atoms with E-state index in [-0.39, 0.29) is 11.8 Å². The summed E-state index contributed by atoms with van der Waals surface area (Å²) in [7, 11) is -4.22. The molecule has 1 unspecified atom stereocenters. The Bertz CT molecular complexity index is 717. The van der Waals surface area contributed by atoms with E-state index in [1.807, 2.05) is 0 Å². The number of aromatic carboxylic acids is 1. The molecule has 128 valence electrons. The highest BCUT2D eigenvalue weighted by atomic mass is 32.2. The van der Waals surface area contributed by atoms with Gasteiger partial charge < -0.3 is 20.5 Å². The molecule has 1 atom stereocenters. The van der Waals surface area contributed by atoms with Gasteiger partial charge in [0.2, 0.25) is 5.91 Å². The van der Waals surface area contributed by atoms with Crippen molar-refractivity contribution in [1.29, 1.82) is 0 Å². The molecule has 0 aromatic carbocycles. The van der Waals surface area contributed by atoms with Crippen molar-refractivity contribution >= 4 is 22.1 Å². The molecule has 2 heterocycles. The quantitative estimate of drug-likeness (QED) is 0.642. The van der Waals surface area contributed by atoms with Gasteiger partial charge in [0.05, 0.1) is 17.7 Å². The molecular formula is C13H19N4O5S-. The smallest absolute Gasteiger partial charge is 0.302 e. The molecule has 4 N–H and O–H groups in total. The van der Waals surface area contributed by atoms with Crippen LogP contribution in [0.3, 0.4) is 0 Å². The first-order valence-electron chi connectivity index (χ1n) is 7.13. The number of nitrogens with two attached hydrogens (primary N) is 2. The average Bonchev–Trinajstić information content (AvgIpc) is 2.91. The van der Waals surface area contributed by atoms with Crippen molar-refractivity contribution in [1.82, 2.24) is 8.87 Å². The van der Waals surface area contributed by atoms with E-state index in [1.165, 1.54) is 6.07 Å². The van der Waals surface area contributed by atoms with Gasteiger partial charge in [-0.2, -0.15) is 8.42 Å². The van der Waals surface area contributed by atoms with E-state index in [0.717, 1.165) is 6.20 Å². The van der Waals surface area contributed by atoms with Gasteiger partial charge in [-0.05, 0) is 37.3 Å². The minimum absolute atomic E-state index is 0.161. The fraction of sp³-hybridized carbons (Fsp3) is 0.538. The lowest BCUT2D eigenvalue weighted by Crippen LogP contribution is -2.45. The van der Waals surface area contributed by atoms with Crippen molar-refractivity contribution < 1.29 is 23.1 Å². The van der Waals surface area contributed by atoms with E-state index in [0.29, 0.717) is 35.5 Å². The number of hydrogen-bond acceptors (Lipinski definition) is 6. The molecular weight excluding hydrogens is 324 g/mol. The summed E-state index contributed by atoms with van der Waals surface area (Å²) in [6.45, 7) is 2.46. The van der Waals surface area contributed by atoms with E-state index in [2.05, 4.69) is 0 Å². The van der Waals surface area contributed by atoms with Crippen LogP contribution in [0, 0.1) is 0 Å². The maximum absolute atomic E-state index is 11.8. The monoisotopic (exact) mass is 343 g/mol. The van der Waals surface area contributed by atoms with Crippen LogP contribution in [0.25, 0.3) is 0 Å². The Morgan fingerprint density at radius 3 is 2.35 bits per heavy atom. The number of amides is 1. The molecule has 2 rings (SSSR count). The molecule has 0 spiro atoms. The first-order valence-corrected chi connectivity index (χ1v) is 8.63. The molecule has 0 radical (unpaired) electrons. The Hall–Kier alpha value is -1.91. The Labute approximate surface area is 134 Å². The van der Waals surface area contributed by atoms with Crippen LogP contribution in [0.1, 0.15) is 41.7 Å². The summed E-state index contributed by atoms with van der Waals surface area (Å²) in [6.07, 6.45) is 2.12. The van der Waals surface area contributed by atoms with Crippen LogP contribution in [0.4, 0.5) is 0 Å². The number of aromatic nitrogens is 1. The number of carboxylic acids is 1. The molecule has 1 amide bonds. The SMILES string of the molecule is CC(N)C(=O)N1CCC(c2ccn(S(N)(=O)=O)c2C(=O)[O-])CC1. The molecule has 9 nitrogen and oxygen atoms in total. The zero-order valence-electron chi connectivity index (χ0n) is 12.6. The third-order valence-corrected chi connectivity index (χ3v) is 4.84. The summed E-state index contributed by atoms with van der Waals surface area (Å²) in [4.78, 5) is 24.8. The second-order valence-electron chi connectivity index (χ2n) is 5.64. The Morgan fingerprint density at radius 2 is 1.91 bits per heavy atom. The van der Waals surface area contributed by atoms with Gasteiger partial charge in [0.1, 0.15) is 0 Å². The minimum atomic E-state index is -4.22. The van der Waals surface area contributed by atoms with Crippen LogP contribution < -0.4 is 16.0 Å². The van der Waals surface area contributed by atoms with E-state index >= 15 is 0 Å². The van der Waals surface area contributed by atoms with Crippen LogP contribution in [-0.4, -0.2) is 48.3 Å². The summed E-state index contributed by atoms with van der Waals surface area (Å²) in [5, 5.41) is 16.3. The van der Waals surface area contributed by atoms with Gasteiger partial charge in [-0.25, -0.2) is 9.11 Å². The number of rotatable bonds is 4. The number of carbonyl (C=O) groups excluding carboxylic acids is 2.